The second kappa shape index (κ2) is 7.02. The molecule has 8 heteroatoms. The molecular weight excluding hydrogens is 408 g/mol. The number of amides is 1. The highest BCUT2D eigenvalue weighted by atomic mass is 35.5. The Hall–Kier alpha value is -3.06. The predicted octanol–water partition coefficient (Wildman–Crippen LogP) is 3.00. The van der Waals surface area contributed by atoms with E-state index in [0.717, 1.165) is 0 Å². The van der Waals surface area contributed by atoms with E-state index in [-0.39, 0.29) is 13.2 Å². The molecule has 2 heterocycles. The summed E-state index contributed by atoms with van der Waals surface area (Å²) < 4.78 is 10.8. The number of hydrogen-bond donors (Lipinski definition) is 1. The van der Waals surface area contributed by atoms with Crippen LogP contribution in [0.25, 0.3) is 0 Å². The molecule has 0 unspecified atom stereocenters. The van der Waals surface area contributed by atoms with Crippen molar-refractivity contribution in [2.45, 2.75) is 24.8 Å². The Morgan fingerprint density at radius 3 is 2.30 bits per heavy atom. The molecule has 7 nitrogen and oxygen atoms in total. The molecule has 0 aliphatic carbocycles. The topological polar surface area (TPSA) is 84.9 Å². The van der Waals surface area contributed by atoms with E-state index in [2.05, 4.69) is 5.32 Å². The van der Waals surface area contributed by atoms with Crippen LogP contribution in [0.4, 0.5) is 11.4 Å². The summed E-state index contributed by atoms with van der Waals surface area (Å²) in [5.41, 5.74) is -2.09. The fourth-order valence-corrected chi connectivity index (χ4v) is 4.74. The van der Waals surface area contributed by atoms with Crippen LogP contribution in [0, 0.1) is 0 Å². The lowest BCUT2D eigenvalue weighted by Gasteiger charge is -2.38. The average molecular weight is 429 g/mol. The third-order valence-electron chi connectivity index (χ3n) is 5.73. The van der Waals surface area contributed by atoms with E-state index in [1.807, 2.05) is 0 Å². The molecule has 1 amide bonds. The van der Waals surface area contributed by atoms with Gasteiger partial charge in [-0.3, -0.25) is 14.4 Å². The highest BCUT2D eigenvalue weighted by Gasteiger charge is 2.76. The van der Waals surface area contributed by atoms with E-state index in [1.54, 1.807) is 63.4 Å². The molecule has 1 N–H and O–H groups in total. The van der Waals surface area contributed by atoms with Gasteiger partial charge in [-0.25, -0.2) is 0 Å². The zero-order valence-electron chi connectivity index (χ0n) is 16.8. The van der Waals surface area contributed by atoms with Crippen molar-refractivity contribution in [1.82, 2.24) is 0 Å². The molecular formula is C22H21ClN2O5. The van der Waals surface area contributed by atoms with Crippen molar-refractivity contribution in [3.8, 4) is 0 Å². The van der Waals surface area contributed by atoms with Gasteiger partial charge >= 0.3 is 11.9 Å². The lowest BCUT2D eigenvalue weighted by Crippen LogP contribution is -2.64. The fraction of sp³-hybridized carbons (Fsp3) is 0.318. The molecule has 0 saturated heterocycles. The number of ether oxygens (including phenoxy) is 2. The highest BCUT2D eigenvalue weighted by Crippen LogP contribution is 2.59. The molecule has 1 spiro atoms. The first-order valence-electron chi connectivity index (χ1n) is 9.66. The Kier molecular flexibility index (Phi) is 4.73. The van der Waals surface area contributed by atoms with Crippen LogP contribution in [-0.2, 0) is 34.8 Å². The summed E-state index contributed by atoms with van der Waals surface area (Å²) in [4.78, 5) is 42.4. The molecule has 2 aromatic rings. The van der Waals surface area contributed by atoms with Crippen LogP contribution in [0.15, 0.2) is 42.5 Å². The number of halogens is 1. The first-order valence-corrected chi connectivity index (χ1v) is 10.0. The van der Waals surface area contributed by atoms with Crippen LogP contribution in [0.3, 0.4) is 0 Å². The molecule has 1 atom stereocenters. The Bertz CT molecular complexity index is 1050. The predicted molar refractivity (Wildman–Crippen MR) is 112 cm³/mol. The Morgan fingerprint density at radius 2 is 1.67 bits per heavy atom. The first kappa shape index (κ1) is 20.2. The lowest BCUT2D eigenvalue weighted by molar-refractivity contribution is -0.170. The molecule has 0 bridgehead atoms. The first-order chi connectivity index (χ1) is 14.4. The highest BCUT2D eigenvalue weighted by molar-refractivity contribution is 6.31. The van der Waals surface area contributed by atoms with Crippen molar-refractivity contribution in [3.63, 3.8) is 0 Å². The zero-order valence-corrected chi connectivity index (χ0v) is 17.6. The summed E-state index contributed by atoms with van der Waals surface area (Å²) in [5, 5.41) is 3.56. The second-order valence-electron chi connectivity index (χ2n) is 7.14. The monoisotopic (exact) mass is 428 g/mol. The largest absolute Gasteiger partial charge is 0.465 e. The number of fused-ring (bicyclic) bond motifs is 3. The van der Waals surface area contributed by atoms with Gasteiger partial charge in [0, 0.05) is 34.6 Å². The number of likely N-dealkylation sites (N-methyl/N-ethyl adjacent to an activating group) is 1. The minimum Gasteiger partial charge on any atom is -0.465 e. The standard InChI is InChI=1S/C22H21ClN2O5/c1-4-29-19(27)21(20(28)30-5-2)14-8-6-7-9-16(14)24-22(21)15-12-13(23)10-11-17(15)25(3)18(22)26/h6-12,24H,4-5H2,1-3H3/t22-/m0/s1. The lowest BCUT2D eigenvalue weighted by atomic mass is 9.64. The maximum atomic E-state index is 13.8. The number of rotatable bonds is 4. The summed E-state index contributed by atoms with van der Waals surface area (Å²) in [5.74, 6) is -2.18. The van der Waals surface area contributed by atoms with Gasteiger partial charge in [0.1, 0.15) is 0 Å². The number of carbonyl (C=O) groups excluding carboxylic acids is 3. The number of nitrogens with zero attached hydrogens (tertiary/aromatic N) is 1. The zero-order chi connectivity index (χ0) is 21.7. The third-order valence-corrected chi connectivity index (χ3v) is 5.96. The van der Waals surface area contributed by atoms with Gasteiger partial charge in [-0.05, 0) is 38.1 Å². The minimum absolute atomic E-state index is 0.0324. The molecule has 2 aliphatic heterocycles. The molecule has 30 heavy (non-hydrogen) atoms. The van der Waals surface area contributed by atoms with Gasteiger partial charge in [-0.15, -0.1) is 0 Å². The van der Waals surface area contributed by atoms with E-state index in [4.69, 9.17) is 21.1 Å². The normalized spacial score (nSPS) is 20.5. The van der Waals surface area contributed by atoms with Crippen molar-refractivity contribution < 1.29 is 23.9 Å². The summed E-state index contributed by atoms with van der Waals surface area (Å²) in [6.45, 7) is 3.35. The number of para-hydroxylation sites is 1. The molecule has 2 aliphatic rings. The van der Waals surface area contributed by atoms with Crippen LogP contribution in [0.2, 0.25) is 5.02 Å². The molecule has 4 rings (SSSR count). The third kappa shape index (κ3) is 2.29. The van der Waals surface area contributed by atoms with Gasteiger partial charge in [-0.1, -0.05) is 29.8 Å². The van der Waals surface area contributed by atoms with Gasteiger partial charge in [0.05, 0.1) is 13.2 Å². The number of benzene rings is 2. The average Bonchev–Trinajstić information content (AvgIpc) is 3.15. The Balaban J connectivity index is 2.14. The van der Waals surface area contributed by atoms with Crippen molar-refractivity contribution >= 4 is 40.8 Å². The molecule has 156 valence electrons. The van der Waals surface area contributed by atoms with Crippen LogP contribution in [-0.4, -0.2) is 38.1 Å². The maximum Gasteiger partial charge on any atom is 0.331 e. The minimum atomic E-state index is -2.07. The number of hydrogen-bond acceptors (Lipinski definition) is 6. The van der Waals surface area contributed by atoms with Crippen LogP contribution >= 0.6 is 11.6 Å². The van der Waals surface area contributed by atoms with E-state index in [0.29, 0.717) is 27.5 Å². The van der Waals surface area contributed by atoms with Crippen molar-refractivity contribution in [2.75, 3.05) is 30.5 Å². The Labute approximate surface area is 178 Å². The SMILES string of the molecule is CCOC(=O)C1(C(=O)OCC)c2ccccc2N[C@@]12C(=O)N(C)c1ccc(Cl)cc12. The summed E-state index contributed by atoms with van der Waals surface area (Å²) >= 11 is 6.28. The molecule has 0 fully saturated rings. The van der Waals surface area contributed by atoms with Gasteiger partial charge in [0.2, 0.25) is 5.41 Å². The van der Waals surface area contributed by atoms with E-state index in [1.165, 1.54) is 4.90 Å². The van der Waals surface area contributed by atoms with Gasteiger partial charge in [0.25, 0.3) is 5.91 Å². The van der Waals surface area contributed by atoms with Gasteiger partial charge in [-0.2, -0.15) is 0 Å². The molecule has 0 radical (unpaired) electrons. The summed E-state index contributed by atoms with van der Waals surface area (Å²) in [6.07, 6.45) is 0. The van der Waals surface area contributed by atoms with Crippen LogP contribution in [0.5, 0.6) is 0 Å². The van der Waals surface area contributed by atoms with Crippen molar-refractivity contribution in [1.29, 1.82) is 0 Å². The van der Waals surface area contributed by atoms with E-state index < -0.39 is 28.8 Å². The Morgan fingerprint density at radius 1 is 1.03 bits per heavy atom. The van der Waals surface area contributed by atoms with Crippen molar-refractivity contribution in [3.05, 3.63) is 58.6 Å². The molecule has 0 aromatic heterocycles. The number of nitrogens with one attached hydrogen (secondary N) is 1. The van der Waals surface area contributed by atoms with Crippen LogP contribution < -0.4 is 10.2 Å². The maximum absolute atomic E-state index is 13.8. The molecule has 0 saturated carbocycles. The van der Waals surface area contributed by atoms with Crippen LogP contribution in [0.1, 0.15) is 25.0 Å². The molecule has 2 aromatic carbocycles. The number of anilines is 2. The van der Waals surface area contributed by atoms with E-state index >= 15 is 0 Å². The van der Waals surface area contributed by atoms with Gasteiger partial charge < -0.3 is 19.7 Å². The van der Waals surface area contributed by atoms with Gasteiger partial charge in [0.15, 0.2) is 5.54 Å². The summed E-state index contributed by atoms with van der Waals surface area (Å²) in [6, 6.07) is 11.8. The summed E-state index contributed by atoms with van der Waals surface area (Å²) in [7, 11) is 1.59. The second-order valence-corrected chi connectivity index (χ2v) is 7.57. The fourth-order valence-electron chi connectivity index (χ4n) is 4.57. The quantitative estimate of drug-likeness (QED) is 0.595. The smallest absolute Gasteiger partial charge is 0.331 e. The number of carbonyl (C=O) groups is 3. The number of esters is 2. The van der Waals surface area contributed by atoms with Crippen molar-refractivity contribution in [2.24, 2.45) is 0 Å². The van der Waals surface area contributed by atoms with E-state index in [9.17, 15) is 14.4 Å².